The van der Waals surface area contributed by atoms with E-state index in [2.05, 4.69) is 26.5 Å². The summed E-state index contributed by atoms with van der Waals surface area (Å²) in [5.41, 5.74) is 9.98. The van der Waals surface area contributed by atoms with Crippen LogP contribution in [0.3, 0.4) is 0 Å². The number of hydrogen-bond acceptors (Lipinski definition) is 9. The van der Waals surface area contributed by atoms with Crippen LogP contribution in [0.2, 0.25) is 0 Å². The Morgan fingerprint density at radius 1 is 1.34 bits per heavy atom. The third-order valence-corrected chi connectivity index (χ3v) is 5.53. The summed E-state index contributed by atoms with van der Waals surface area (Å²) >= 11 is 0. The first-order valence-electron chi connectivity index (χ1n) is 10.9. The van der Waals surface area contributed by atoms with Gasteiger partial charge in [-0.2, -0.15) is 0 Å². The molecule has 0 aliphatic carbocycles. The molecule has 3 rings (SSSR count). The van der Waals surface area contributed by atoms with E-state index >= 15 is 0 Å². The number of hydrogen-bond donors (Lipinski definition) is 3. The van der Waals surface area contributed by atoms with Crippen molar-refractivity contribution in [1.82, 2.24) is 20.0 Å². The van der Waals surface area contributed by atoms with Crippen LogP contribution in [0, 0.1) is 13.8 Å². The van der Waals surface area contributed by atoms with Crippen molar-refractivity contribution in [3.63, 3.8) is 0 Å². The molecule has 1 fully saturated rings. The Morgan fingerprint density at radius 2 is 2.09 bits per heavy atom. The van der Waals surface area contributed by atoms with Crippen molar-refractivity contribution in [2.75, 3.05) is 31.6 Å². The fourth-order valence-corrected chi connectivity index (χ4v) is 3.81. The second-order valence-corrected chi connectivity index (χ2v) is 8.67. The summed E-state index contributed by atoms with van der Waals surface area (Å²) < 4.78 is 10.9. The van der Waals surface area contributed by atoms with E-state index in [0.717, 1.165) is 36.4 Å². The molecule has 0 bridgehead atoms. The van der Waals surface area contributed by atoms with Crippen LogP contribution in [-0.4, -0.2) is 69.6 Å². The van der Waals surface area contributed by atoms with Crippen LogP contribution in [0.4, 0.5) is 16.5 Å². The van der Waals surface area contributed by atoms with Crippen molar-refractivity contribution in [1.29, 1.82) is 0 Å². The zero-order valence-corrected chi connectivity index (χ0v) is 19.5. The molecule has 1 aliphatic heterocycles. The molecule has 0 radical (unpaired) electrons. The number of carbonyl (C=O) groups excluding carboxylic acids is 1. The molecule has 10 heteroatoms. The van der Waals surface area contributed by atoms with Crippen molar-refractivity contribution in [2.45, 2.75) is 59.4 Å². The lowest BCUT2D eigenvalue weighted by Crippen LogP contribution is -2.54. The Hall–Kier alpha value is -2.69. The Morgan fingerprint density at radius 3 is 2.75 bits per heavy atom. The highest BCUT2D eigenvalue weighted by atomic mass is 16.6. The minimum atomic E-state index is -0.703. The predicted molar refractivity (Wildman–Crippen MR) is 121 cm³/mol. The number of ether oxygens (including phenoxy) is 1. The van der Waals surface area contributed by atoms with E-state index in [1.165, 1.54) is 5.56 Å². The number of rotatable bonds is 7. The predicted octanol–water partition coefficient (Wildman–Crippen LogP) is 2.47. The second kappa shape index (κ2) is 10.3. The van der Waals surface area contributed by atoms with Gasteiger partial charge in [0.15, 0.2) is 0 Å². The van der Waals surface area contributed by atoms with Gasteiger partial charge in [-0.1, -0.05) is 11.2 Å². The van der Waals surface area contributed by atoms with E-state index < -0.39 is 6.04 Å². The number of nitrogens with one attached hydrogen (secondary N) is 1. The van der Waals surface area contributed by atoms with Crippen molar-refractivity contribution in [2.24, 2.45) is 5.73 Å². The van der Waals surface area contributed by atoms with Crippen molar-refractivity contribution < 1.29 is 19.1 Å². The Bertz CT molecular complexity index is 931. The molecule has 1 aliphatic rings. The molecule has 1 saturated heterocycles. The number of aromatic nitrogens is 2. The molecule has 1 aromatic heterocycles. The van der Waals surface area contributed by atoms with E-state index in [1.54, 1.807) is 4.90 Å². The van der Waals surface area contributed by atoms with Gasteiger partial charge in [0, 0.05) is 37.9 Å². The number of nitrogens with two attached hydrogens (primary N) is 1. The zero-order valence-electron chi connectivity index (χ0n) is 19.5. The lowest BCUT2D eigenvalue weighted by Gasteiger charge is -2.39. The lowest BCUT2D eigenvalue weighted by atomic mass is 10.0. The molecule has 32 heavy (non-hydrogen) atoms. The Labute approximate surface area is 188 Å². The normalized spacial score (nSPS) is 18.1. The van der Waals surface area contributed by atoms with Gasteiger partial charge in [-0.25, -0.2) is 4.79 Å². The maximum absolute atomic E-state index is 12.3. The first-order valence-corrected chi connectivity index (χ1v) is 10.9. The molecule has 2 aromatic rings. The molecule has 2 heterocycles. The maximum Gasteiger partial charge on any atom is 0.410 e. The summed E-state index contributed by atoms with van der Waals surface area (Å²) in [6, 6.07) is 3.80. The third-order valence-electron chi connectivity index (χ3n) is 5.53. The van der Waals surface area contributed by atoms with Gasteiger partial charge in [0.1, 0.15) is 6.04 Å². The Balaban J connectivity index is 1.68. The summed E-state index contributed by atoms with van der Waals surface area (Å²) in [5.74, 6) is 0.184. The topological polar surface area (TPSA) is 130 Å². The fourth-order valence-electron chi connectivity index (χ4n) is 3.81. The van der Waals surface area contributed by atoms with Gasteiger partial charge in [0.05, 0.1) is 12.7 Å². The lowest BCUT2D eigenvalue weighted by molar-refractivity contribution is 0.0349. The van der Waals surface area contributed by atoms with Gasteiger partial charge in [0.25, 0.3) is 0 Å². The summed E-state index contributed by atoms with van der Waals surface area (Å²) in [5, 5.41) is 20.2. The second-order valence-electron chi connectivity index (χ2n) is 8.67. The van der Waals surface area contributed by atoms with Gasteiger partial charge >= 0.3 is 12.1 Å². The number of aliphatic hydroxyl groups is 1. The van der Waals surface area contributed by atoms with Gasteiger partial charge in [0.2, 0.25) is 5.89 Å². The first kappa shape index (κ1) is 24.0. The standard InChI is InChI=1S/C22H34N6O4/c1-13(2)31-22(30)28-7-6-27(10-15(28)4)11-17-8-14(3)9-19(16(17)5)24-21-26-25-20(32-21)18(23)12-29/h8-9,13,15,18,29H,6-7,10-12,23H2,1-5H3,(H,24,26)/t15-,18-/m0/s1. The highest BCUT2D eigenvalue weighted by Crippen LogP contribution is 2.27. The maximum atomic E-state index is 12.3. The molecule has 10 nitrogen and oxygen atoms in total. The van der Waals surface area contributed by atoms with E-state index in [0.29, 0.717) is 6.54 Å². The number of amides is 1. The van der Waals surface area contributed by atoms with Crippen LogP contribution < -0.4 is 11.1 Å². The third kappa shape index (κ3) is 5.76. The van der Waals surface area contributed by atoms with Crippen LogP contribution in [0.1, 0.15) is 49.4 Å². The van der Waals surface area contributed by atoms with E-state index in [4.69, 9.17) is 20.0 Å². The minimum Gasteiger partial charge on any atom is -0.447 e. The number of benzene rings is 1. The number of anilines is 2. The summed E-state index contributed by atoms with van der Waals surface area (Å²) in [6.45, 7) is 12.6. The molecule has 1 aromatic carbocycles. The monoisotopic (exact) mass is 446 g/mol. The largest absolute Gasteiger partial charge is 0.447 e. The fraction of sp³-hybridized carbons (Fsp3) is 0.591. The number of aryl methyl sites for hydroxylation is 1. The minimum absolute atomic E-state index is 0.0743. The first-order chi connectivity index (χ1) is 15.2. The number of nitrogens with zero attached hydrogens (tertiary/aromatic N) is 4. The Kier molecular flexibility index (Phi) is 7.70. The highest BCUT2D eigenvalue weighted by Gasteiger charge is 2.29. The van der Waals surface area contributed by atoms with Crippen molar-refractivity contribution >= 4 is 17.8 Å². The molecule has 0 spiro atoms. The molecule has 0 unspecified atom stereocenters. The molecule has 1 amide bonds. The van der Waals surface area contributed by atoms with Gasteiger partial charge in [-0.3, -0.25) is 4.90 Å². The number of aliphatic hydroxyl groups excluding tert-OH is 1. The summed E-state index contributed by atoms with van der Waals surface area (Å²) in [4.78, 5) is 16.4. The highest BCUT2D eigenvalue weighted by molar-refractivity contribution is 5.68. The van der Waals surface area contributed by atoms with Crippen LogP contribution in [0.25, 0.3) is 0 Å². The van der Waals surface area contributed by atoms with Crippen molar-refractivity contribution in [3.05, 3.63) is 34.7 Å². The molecule has 176 valence electrons. The van der Waals surface area contributed by atoms with Crippen LogP contribution in [-0.2, 0) is 11.3 Å². The van der Waals surface area contributed by atoms with Gasteiger partial charge in [-0.15, -0.1) is 5.10 Å². The molecule has 2 atom stereocenters. The van der Waals surface area contributed by atoms with Crippen LogP contribution in [0.5, 0.6) is 0 Å². The zero-order chi connectivity index (χ0) is 23.4. The van der Waals surface area contributed by atoms with Crippen LogP contribution in [0.15, 0.2) is 16.5 Å². The summed E-state index contributed by atoms with van der Waals surface area (Å²) in [6.07, 6.45) is -0.367. The van der Waals surface area contributed by atoms with E-state index in [1.807, 2.05) is 40.7 Å². The number of carbonyl (C=O) groups is 1. The molecular weight excluding hydrogens is 412 g/mol. The molecule has 0 saturated carbocycles. The molecular formula is C22H34N6O4. The summed E-state index contributed by atoms with van der Waals surface area (Å²) in [7, 11) is 0. The van der Waals surface area contributed by atoms with E-state index in [9.17, 15) is 4.79 Å². The average molecular weight is 447 g/mol. The van der Waals surface area contributed by atoms with Crippen LogP contribution >= 0.6 is 0 Å². The van der Waals surface area contributed by atoms with Crippen molar-refractivity contribution in [3.8, 4) is 0 Å². The quantitative estimate of drug-likeness (QED) is 0.587. The SMILES string of the molecule is Cc1cc(CN2CCN(C(=O)OC(C)C)[C@@H](C)C2)c(C)c(Nc2nnc([C@@H](N)CO)o2)c1. The van der Waals surface area contributed by atoms with E-state index in [-0.39, 0.29) is 36.8 Å². The van der Waals surface area contributed by atoms with Gasteiger partial charge < -0.3 is 30.2 Å². The smallest absolute Gasteiger partial charge is 0.410 e. The molecule has 4 N–H and O–H groups in total. The van der Waals surface area contributed by atoms with Gasteiger partial charge in [-0.05, 0) is 57.4 Å². The average Bonchev–Trinajstić information content (AvgIpc) is 3.19. The number of piperazine rings is 1.